The zero-order valence-corrected chi connectivity index (χ0v) is 15.3. The Balaban J connectivity index is 1.67. The van der Waals surface area contributed by atoms with Crippen LogP contribution in [0.15, 0.2) is 24.3 Å². The molecular formula is C19H28ClN3O. The van der Waals surface area contributed by atoms with Crippen molar-refractivity contribution in [3.8, 4) is 0 Å². The number of carbonyl (C=O) groups is 1. The summed E-state index contributed by atoms with van der Waals surface area (Å²) in [5.74, 6) is 0. The lowest BCUT2D eigenvalue weighted by Gasteiger charge is -2.34. The average Bonchev–Trinajstić information content (AvgIpc) is 3.10. The van der Waals surface area contributed by atoms with Gasteiger partial charge in [-0.2, -0.15) is 0 Å². The Bertz CT molecular complexity index is 551. The summed E-state index contributed by atoms with van der Waals surface area (Å²) in [6.45, 7) is 2.71. The molecule has 0 spiro atoms. The third kappa shape index (κ3) is 4.42. The van der Waals surface area contributed by atoms with E-state index in [9.17, 15) is 4.79 Å². The number of urea groups is 1. The largest absolute Gasteiger partial charge is 0.335 e. The lowest BCUT2D eigenvalue weighted by molar-refractivity contribution is 0.158. The molecule has 2 amide bonds. The van der Waals surface area contributed by atoms with Crippen molar-refractivity contribution in [2.24, 2.45) is 0 Å². The van der Waals surface area contributed by atoms with Crippen LogP contribution in [0.2, 0.25) is 5.02 Å². The number of hydrogen-bond acceptors (Lipinski definition) is 2. The second-order valence-corrected chi connectivity index (χ2v) is 7.59. The summed E-state index contributed by atoms with van der Waals surface area (Å²) in [4.78, 5) is 17.3. The molecule has 1 heterocycles. The van der Waals surface area contributed by atoms with E-state index >= 15 is 0 Å². The van der Waals surface area contributed by atoms with Crippen LogP contribution >= 0.6 is 11.6 Å². The lowest BCUT2D eigenvalue weighted by Crippen LogP contribution is -2.50. The standard InChI is InChI=1S/C19H28ClN3O/c1-22-12-10-16(11-13-22)21-19(24)23(17-7-3-4-8-17)14-15-6-2-5-9-18(15)20/h2,5-6,9,16-17H,3-4,7-8,10-14H2,1H3,(H,21,24). The van der Waals surface area contributed by atoms with Gasteiger partial charge in [0.2, 0.25) is 0 Å². The van der Waals surface area contributed by atoms with E-state index in [1.807, 2.05) is 29.2 Å². The highest BCUT2D eigenvalue weighted by molar-refractivity contribution is 6.31. The molecule has 1 aliphatic heterocycles. The van der Waals surface area contributed by atoms with Crippen LogP contribution in [0.5, 0.6) is 0 Å². The molecule has 5 heteroatoms. The third-order valence-electron chi connectivity index (χ3n) is 5.37. The fourth-order valence-corrected chi connectivity index (χ4v) is 4.00. The minimum Gasteiger partial charge on any atom is -0.335 e. The maximum Gasteiger partial charge on any atom is 0.318 e. The summed E-state index contributed by atoms with van der Waals surface area (Å²) in [5.41, 5.74) is 1.03. The molecule has 132 valence electrons. The van der Waals surface area contributed by atoms with Gasteiger partial charge in [0.1, 0.15) is 0 Å². The van der Waals surface area contributed by atoms with E-state index in [0.717, 1.165) is 49.4 Å². The summed E-state index contributed by atoms with van der Waals surface area (Å²) < 4.78 is 0. The molecule has 0 bridgehead atoms. The second-order valence-electron chi connectivity index (χ2n) is 7.18. The molecule has 0 aromatic heterocycles. The van der Waals surface area contributed by atoms with Crippen molar-refractivity contribution in [1.82, 2.24) is 15.1 Å². The quantitative estimate of drug-likeness (QED) is 0.895. The maximum absolute atomic E-state index is 13.0. The van der Waals surface area contributed by atoms with Gasteiger partial charge in [0.05, 0.1) is 0 Å². The topological polar surface area (TPSA) is 35.6 Å². The maximum atomic E-state index is 13.0. The summed E-state index contributed by atoms with van der Waals surface area (Å²) in [7, 11) is 2.14. The number of hydrogen-bond donors (Lipinski definition) is 1. The van der Waals surface area contributed by atoms with Crippen molar-refractivity contribution in [1.29, 1.82) is 0 Å². The number of rotatable bonds is 4. The van der Waals surface area contributed by atoms with Crippen LogP contribution in [-0.2, 0) is 6.54 Å². The highest BCUT2D eigenvalue weighted by atomic mass is 35.5. The van der Waals surface area contributed by atoms with Crippen molar-refractivity contribution in [2.75, 3.05) is 20.1 Å². The van der Waals surface area contributed by atoms with Gasteiger partial charge < -0.3 is 15.1 Å². The molecule has 1 aromatic rings. The van der Waals surface area contributed by atoms with Gasteiger partial charge in [-0.1, -0.05) is 42.6 Å². The van der Waals surface area contributed by atoms with Crippen LogP contribution in [0.1, 0.15) is 44.1 Å². The van der Waals surface area contributed by atoms with Gasteiger partial charge in [-0.25, -0.2) is 4.79 Å². The highest BCUT2D eigenvalue weighted by Crippen LogP contribution is 2.27. The van der Waals surface area contributed by atoms with Crippen LogP contribution in [0.4, 0.5) is 4.79 Å². The van der Waals surface area contributed by atoms with Gasteiger partial charge in [-0.3, -0.25) is 0 Å². The summed E-state index contributed by atoms with van der Waals surface area (Å²) in [6, 6.07) is 8.56. The van der Waals surface area contributed by atoms with E-state index in [0.29, 0.717) is 18.6 Å². The van der Waals surface area contributed by atoms with Crippen LogP contribution in [-0.4, -0.2) is 48.1 Å². The Morgan fingerprint density at radius 2 is 1.88 bits per heavy atom. The minimum absolute atomic E-state index is 0.0800. The zero-order valence-electron chi connectivity index (χ0n) is 14.5. The fraction of sp³-hybridized carbons (Fsp3) is 0.632. The monoisotopic (exact) mass is 349 g/mol. The molecule has 0 radical (unpaired) electrons. The van der Waals surface area contributed by atoms with Gasteiger partial charge in [0.25, 0.3) is 0 Å². The number of carbonyl (C=O) groups excluding carboxylic acids is 1. The Hall–Kier alpha value is -1.26. The molecule has 1 N–H and O–H groups in total. The van der Waals surface area contributed by atoms with E-state index < -0.39 is 0 Å². The van der Waals surface area contributed by atoms with Crippen molar-refractivity contribution < 1.29 is 4.79 Å². The number of halogens is 1. The highest BCUT2D eigenvalue weighted by Gasteiger charge is 2.29. The molecule has 0 atom stereocenters. The van der Waals surface area contributed by atoms with E-state index in [4.69, 9.17) is 11.6 Å². The van der Waals surface area contributed by atoms with Crippen LogP contribution in [0.3, 0.4) is 0 Å². The van der Waals surface area contributed by atoms with Gasteiger partial charge in [-0.15, -0.1) is 0 Å². The number of piperidine rings is 1. The second kappa shape index (κ2) is 8.21. The molecule has 3 rings (SSSR count). The molecule has 2 aliphatic rings. The molecule has 4 nitrogen and oxygen atoms in total. The number of benzene rings is 1. The number of nitrogens with one attached hydrogen (secondary N) is 1. The smallest absolute Gasteiger partial charge is 0.318 e. The third-order valence-corrected chi connectivity index (χ3v) is 5.74. The van der Waals surface area contributed by atoms with Crippen molar-refractivity contribution in [3.05, 3.63) is 34.9 Å². The van der Waals surface area contributed by atoms with Gasteiger partial charge in [-0.05, 0) is 57.5 Å². The van der Waals surface area contributed by atoms with Gasteiger partial charge in [0, 0.05) is 23.7 Å². The summed E-state index contributed by atoms with van der Waals surface area (Å²) in [6.07, 6.45) is 6.70. The number of amides is 2. The molecule has 1 aromatic carbocycles. The van der Waals surface area contributed by atoms with Crippen LogP contribution < -0.4 is 5.32 Å². The minimum atomic E-state index is 0.0800. The fourth-order valence-electron chi connectivity index (χ4n) is 3.80. The van der Waals surface area contributed by atoms with Gasteiger partial charge in [0.15, 0.2) is 0 Å². The van der Waals surface area contributed by atoms with Gasteiger partial charge >= 0.3 is 6.03 Å². The Morgan fingerprint density at radius 3 is 2.54 bits per heavy atom. The van der Waals surface area contributed by atoms with Crippen molar-refractivity contribution in [3.63, 3.8) is 0 Å². The molecule has 1 aliphatic carbocycles. The first-order chi connectivity index (χ1) is 11.6. The zero-order chi connectivity index (χ0) is 16.9. The first-order valence-corrected chi connectivity index (χ1v) is 9.50. The summed E-state index contributed by atoms with van der Waals surface area (Å²) in [5, 5.41) is 4.02. The van der Waals surface area contributed by atoms with Crippen LogP contribution in [0, 0.1) is 0 Å². The summed E-state index contributed by atoms with van der Waals surface area (Å²) >= 11 is 6.32. The van der Waals surface area contributed by atoms with E-state index in [1.165, 1.54) is 12.8 Å². The predicted molar refractivity (Wildman–Crippen MR) is 98.3 cm³/mol. The first kappa shape index (κ1) is 17.6. The Labute approximate surface area is 150 Å². The van der Waals surface area contributed by atoms with E-state index in [-0.39, 0.29) is 6.03 Å². The van der Waals surface area contributed by atoms with Crippen LogP contribution in [0.25, 0.3) is 0 Å². The normalized spacial score (nSPS) is 20.2. The Kier molecular flexibility index (Phi) is 6.01. The van der Waals surface area contributed by atoms with Crippen molar-refractivity contribution >= 4 is 17.6 Å². The van der Waals surface area contributed by atoms with E-state index in [1.54, 1.807) is 0 Å². The molecule has 0 unspecified atom stereocenters. The molecule has 1 saturated carbocycles. The molecule has 1 saturated heterocycles. The molecule has 2 fully saturated rings. The van der Waals surface area contributed by atoms with E-state index in [2.05, 4.69) is 17.3 Å². The SMILES string of the molecule is CN1CCC(NC(=O)N(Cc2ccccc2Cl)C2CCCC2)CC1. The number of nitrogens with zero attached hydrogens (tertiary/aromatic N) is 2. The predicted octanol–water partition coefficient (Wildman–Crippen LogP) is 3.89. The molecular weight excluding hydrogens is 322 g/mol. The molecule has 24 heavy (non-hydrogen) atoms. The Morgan fingerprint density at radius 1 is 1.21 bits per heavy atom. The lowest BCUT2D eigenvalue weighted by atomic mass is 10.1. The number of likely N-dealkylation sites (tertiary alicyclic amines) is 1. The average molecular weight is 350 g/mol. The first-order valence-electron chi connectivity index (χ1n) is 9.12. The van der Waals surface area contributed by atoms with Crippen molar-refractivity contribution in [2.45, 2.75) is 57.2 Å².